The summed E-state index contributed by atoms with van der Waals surface area (Å²) >= 11 is 0. The predicted octanol–water partition coefficient (Wildman–Crippen LogP) is 3.45. The van der Waals surface area contributed by atoms with E-state index in [2.05, 4.69) is 53.3 Å². The van der Waals surface area contributed by atoms with Gasteiger partial charge in [0.15, 0.2) is 0 Å². The van der Waals surface area contributed by atoms with Crippen LogP contribution in [-0.2, 0) is 0 Å². The molecule has 112 valence electrons. The number of hydrogen-bond acceptors (Lipinski definition) is 3. The first-order valence-corrected chi connectivity index (χ1v) is 8.05. The molecule has 3 rings (SSSR count). The number of hydrogen-bond donors (Lipinski definition) is 1. The van der Waals surface area contributed by atoms with E-state index in [4.69, 9.17) is 0 Å². The molecular formula is C18H25N3. The Labute approximate surface area is 127 Å². The van der Waals surface area contributed by atoms with Gasteiger partial charge in [-0.1, -0.05) is 26.0 Å². The third-order valence-corrected chi connectivity index (χ3v) is 4.23. The second kappa shape index (κ2) is 6.44. The highest BCUT2D eigenvalue weighted by Gasteiger charge is 2.19. The van der Waals surface area contributed by atoms with E-state index in [1.165, 1.54) is 29.3 Å². The van der Waals surface area contributed by atoms with Crippen molar-refractivity contribution < 1.29 is 0 Å². The number of aromatic nitrogens is 1. The van der Waals surface area contributed by atoms with Crippen molar-refractivity contribution in [3.63, 3.8) is 0 Å². The van der Waals surface area contributed by atoms with Crippen molar-refractivity contribution in [2.45, 2.75) is 32.7 Å². The van der Waals surface area contributed by atoms with E-state index < -0.39 is 0 Å². The van der Waals surface area contributed by atoms with Crippen LogP contribution in [0.15, 0.2) is 36.7 Å². The standard InChI is InChI=1S/C18H25N3/c1-14(2)11-16-13-21(10-4-8-20-16)18-6-3-5-15-12-19-9-7-17(15)18/h3,5-7,9,12,14,16,20H,4,8,10-11,13H2,1-2H3. The Kier molecular flexibility index (Phi) is 4.39. The smallest absolute Gasteiger partial charge is 0.0447 e. The Bertz CT molecular complexity index is 589. The zero-order chi connectivity index (χ0) is 14.7. The Morgan fingerprint density at radius 2 is 2.24 bits per heavy atom. The largest absolute Gasteiger partial charge is 0.369 e. The van der Waals surface area contributed by atoms with Gasteiger partial charge < -0.3 is 10.2 Å². The van der Waals surface area contributed by atoms with Crippen molar-refractivity contribution >= 4 is 16.5 Å². The van der Waals surface area contributed by atoms with Crippen molar-refractivity contribution in [2.24, 2.45) is 5.92 Å². The van der Waals surface area contributed by atoms with Crippen molar-refractivity contribution in [2.75, 3.05) is 24.5 Å². The van der Waals surface area contributed by atoms with Gasteiger partial charge in [0.1, 0.15) is 0 Å². The minimum absolute atomic E-state index is 0.588. The van der Waals surface area contributed by atoms with Gasteiger partial charge in [-0.3, -0.25) is 4.98 Å². The quantitative estimate of drug-likeness (QED) is 0.935. The Morgan fingerprint density at radius 3 is 3.10 bits per heavy atom. The van der Waals surface area contributed by atoms with Crippen LogP contribution in [-0.4, -0.2) is 30.7 Å². The average molecular weight is 283 g/mol. The van der Waals surface area contributed by atoms with Crippen molar-refractivity contribution in [1.29, 1.82) is 0 Å². The van der Waals surface area contributed by atoms with Gasteiger partial charge in [0.25, 0.3) is 0 Å². The maximum atomic E-state index is 4.24. The molecule has 21 heavy (non-hydrogen) atoms. The molecular weight excluding hydrogens is 258 g/mol. The van der Waals surface area contributed by atoms with Gasteiger partial charge in [-0.15, -0.1) is 0 Å². The molecule has 1 aromatic heterocycles. The summed E-state index contributed by atoms with van der Waals surface area (Å²) in [5.74, 6) is 0.735. The lowest BCUT2D eigenvalue weighted by Crippen LogP contribution is -2.38. The summed E-state index contributed by atoms with van der Waals surface area (Å²) in [5, 5.41) is 6.25. The molecule has 3 heteroatoms. The third-order valence-electron chi connectivity index (χ3n) is 4.23. The molecule has 1 unspecified atom stereocenters. The van der Waals surface area contributed by atoms with Crippen LogP contribution in [0.4, 0.5) is 5.69 Å². The summed E-state index contributed by atoms with van der Waals surface area (Å²) in [4.78, 5) is 6.79. The molecule has 0 amide bonds. The molecule has 2 heterocycles. The first-order chi connectivity index (χ1) is 10.2. The zero-order valence-electron chi connectivity index (χ0n) is 13.0. The van der Waals surface area contributed by atoms with Crippen molar-refractivity contribution in [1.82, 2.24) is 10.3 Å². The van der Waals surface area contributed by atoms with Gasteiger partial charge in [0.05, 0.1) is 0 Å². The second-order valence-electron chi connectivity index (χ2n) is 6.45. The monoisotopic (exact) mass is 283 g/mol. The van der Waals surface area contributed by atoms with E-state index in [-0.39, 0.29) is 0 Å². The number of benzene rings is 1. The molecule has 1 aliphatic rings. The summed E-state index contributed by atoms with van der Waals surface area (Å²) in [7, 11) is 0. The number of nitrogens with one attached hydrogen (secondary N) is 1. The highest BCUT2D eigenvalue weighted by atomic mass is 15.2. The predicted molar refractivity (Wildman–Crippen MR) is 89.8 cm³/mol. The fraction of sp³-hybridized carbons (Fsp3) is 0.500. The maximum absolute atomic E-state index is 4.24. The molecule has 1 aliphatic heterocycles. The first-order valence-electron chi connectivity index (χ1n) is 8.05. The molecule has 1 fully saturated rings. The number of anilines is 1. The fourth-order valence-corrected chi connectivity index (χ4v) is 3.32. The van der Waals surface area contributed by atoms with Gasteiger partial charge in [-0.05, 0) is 37.4 Å². The van der Waals surface area contributed by atoms with E-state index in [0.29, 0.717) is 6.04 Å². The molecule has 2 aromatic rings. The maximum Gasteiger partial charge on any atom is 0.0447 e. The first kappa shape index (κ1) is 14.3. The minimum Gasteiger partial charge on any atom is -0.369 e. The summed E-state index contributed by atoms with van der Waals surface area (Å²) in [6, 6.07) is 9.27. The Morgan fingerprint density at radius 1 is 1.33 bits per heavy atom. The topological polar surface area (TPSA) is 28.2 Å². The molecule has 1 saturated heterocycles. The number of fused-ring (bicyclic) bond motifs is 1. The van der Waals surface area contributed by atoms with E-state index >= 15 is 0 Å². The van der Waals surface area contributed by atoms with Gasteiger partial charge in [-0.25, -0.2) is 0 Å². The summed E-state index contributed by atoms with van der Waals surface area (Å²) < 4.78 is 0. The molecule has 0 bridgehead atoms. The Balaban J connectivity index is 1.89. The molecule has 1 N–H and O–H groups in total. The molecule has 0 aliphatic carbocycles. The Hall–Kier alpha value is -1.61. The number of nitrogens with zero attached hydrogens (tertiary/aromatic N) is 2. The number of pyridine rings is 1. The third kappa shape index (κ3) is 3.35. The van der Waals surface area contributed by atoms with E-state index in [1.807, 2.05) is 12.4 Å². The fourth-order valence-electron chi connectivity index (χ4n) is 3.32. The van der Waals surface area contributed by atoms with Crippen molar-refractivity contribution in [3.05, 3.63) is 36.7 Å². The van der Waals surface area contributed by atoms with Crippen LogP contribution in [0.3, 0.4) is 0 Å². The SMILES string of the molecule is CC(C)CC1CN(c2cccc3cnccc23)CCCN1. The van der Waals surface area contributed by atoms with Gasteiger partial charge in [0.2, 0.25) is 0 Å². The lowest BCUT2D eigenvalue weighted by Gasteiger charge is -2.28. The van der Waals surface area contributed by atoms with E-state index in [0.717, 1.165) is 25.6 Å². The molecule has 1 aromatic carbocycles. The molecule has 1 atom stereocenters. The average Bonchev–Trinajstić information content (AvgIpc) is 2.71. The van der Waals surface area contributed by atoms with Gasteiger partial charge in [0, 0.05) is 48.0 Å². The van der Waals surface area contributed by atoms with Crippen LogP contribution in [0, 0.1) is 5.92 Å². The van der Waals surface area contributed by atoms with E-state index in [9.17, 15) is 0 Å². The normalized spacial score (nSPS) is 20.0. The van der Waals surface area contributed by atoms with Crippen LogP contribution in [0.25, 0.3) is 10.8 Å². The highest BCUT2D eigenvalue weighted by Crippen LogP contribution is 2.27. The highest BCUT2D eigenvalue weighted by molar-refractivity contribution is 5.93. The summed E-state index contributed by atoms with van der Waals surface area (Å²) in [6.07, 6.45) is 6.30. The second-order valence-corrected chi connectivity index (χ2v) is 6.45. The minimum atomic E-state index is 0.588. The van der Waals surface area contributed by atoms with Gasteiger partial charge in [-0.2, -0.15) is 0 Å². The van der Waals surface area contributed by atoms with E-state index in [1.54, 1.807) is 0 Å². The summed E-state index contributed by atoms with van der Waals surface area (Å²) in [5.41, 5.74) is 1.35. The lowest BCUT2D eigenvalue weighted by atomic mass is 10.0. The van der Waals surface area contributed by atoms with Crippen molar-refractivity contribution in [3.8, 4) is 0 Å². The van der Waals surface area contributed by atoms with Crippen LogP contribution >= 0.6 is 0 Å². The molecule has 3 nitrogen and oxygen atoms in total. The molecule has 0 saturated carbocycles. The summed E-state index contributed by atoms with van der Waals surface area (Å²) in [6.45, 7) is 7.96. The van der Waals surface area contributed by atoms with Crippen LogP contribution in [0.2, 0.25) is 0 Å². The zero-order valence-corrected chi connectivity index (χ0v) is 13.0. The molecule has 0 radical (unpaired) electrons. The molecule has 0 spiro atoms. The van der Waals surface area contributed by atoms with Crippen LogP contribution in [0.5, 0.6) is 0 Å². The lowest BCUT2D eigenvalue weighted by molar-refractivity contribution is 0.436. The van der Waals surface area contributed by atoms with Gasteiger partial charge >= 0.3 is 0 Å². The van der Waals surface area contributed by atoms with Crippen LogP contribution in [0.1, 0.15) is 26.7 Å². The van der Waals surface area contributed by atoms with Crippen LogP contribution < -0.4 is 10.2 Å². The number of rotatable bonds is 3.